The molecule has 0 bridgehead atoms. The first-order chi connectivity index (χ1) is 24.7. The largest absolute Gasteiger partial charge is 0.463 e. The average molecular weight is 743 g/mol. The van der Waals surface area contributed by atoms with Crippen LogP contribution >= 0.6 is 0 Å². The second kappa shape index (κ2) is 20.5. The number of ether oxygens (including phenoxy) is 3. The molecule has 3 atom stereocenters. The van der Waals surface area contributed by atoms with Gasteiger partial charge in [0.15, 0.2) is 0 Å². The molecule has 3 unspecified atom stereocenters. The Balaban J connectivity index is 0.000000281. The molecule has 1 aliphatic rings. The number of hydrogen-bond donors (Lipinski definition) is 5. The SMILES string of the molecule is CC(C)Nc1ccc(COC(=O)C(C)C)cc1OC1CC(O)CC(C=O)O1.CNCCNC(=O)CCC(=O)NS(=O)(=O)c1ccc2ccccc2c1. The van der Waals surface area contributed by atoms with Crippen molar-refractivity contribution in [1.29, 1.82) is 0 Å². The summed E-state index contributed by atoms with van der Waals surface area (Å²) in [6, 6.07) is 17.6. The second-order valence-electron chi connectivity index (χ2n) is 12.9. The Bertz CT molecular complexity index is 1770. The minimum Gasteiger partial charge on any atom is -0.463 e. The lowest BCUT2D eigenvalue weighted by Gasteiger charge is -2.31. The molecule has 15 heteroatoms. The number of rotatable bonds is 16. The van der Waals surface area contributed by atoms with Crippen LogP contribution in [0.1, 0.15) is 58.9 Å². The van der Waals surface area contributed by atoms with Crippen LogP contribution in [0.3, 0.4) is 0 Å². The highest BCUT2D eigenvalue weighted by molar-refractivity contribution is 7.90. The molecular weight excluding hydrogens is 692 g/mol. The Morgan fingerprint density at radius 1 is 0.942 bits per heavy atom. The van der Waals surface area contributed by atoms with Crippen molar-refractivity contribution in [3.63, 3.8) is 0 Å². The fourth-order valence-corrected chi connectivity index (χ4v) is 5.99. The maximum Gasteiger partial charge on any atom is 0.308 e. The molecular formula is C37H50N4O10S. The van der Waals surface area contributed by atoms with E-state index in [9.17, 15) is 32.7 Å². The molecule has 3 aromatic rings. The fraction of sp³-hybridized carbons (Fsp3) is 0.459. The summed E-state index contributed by atoms with van der Waals surface area (Å²) in [5.41, 5.74) is 1.53. The van der Waals surface area contributed by atoms with Crippen molar-refractivity contribution in [2.24, 2.45) is 5.92 Å². The minimum atomic E-state index is -3.96. The van der Waals surface area contributed by atoms with Crippen LogP contribution in [-0.4, -0.2) is 82.3 Å². The van der Waals surface area contributed by atoms with Gasteiger partial charge in [-0.05, 0) is 61.5 Å². The van der Waals surface area contributed by atoms with Crippen LogP contribution in [0.25, 0.3) is 10.8 Å². The van der Waals surface area contributed by atoms with E-state index in [0.29, 0.717) is 25.1 Å². The molecule has 3 aromatic carbocycles. The maximum atomic E-state index is 12.3. The topological polar surface area (TPSA) is 198 Å². The van der Waals surface area contributed by atoms with Crippen LogP contribution in [0.2, 0.25) is 0 Å². The van der Waals surface area contributed by atoms with E-state index in [4.69, 9.17) is 14.2 Å². The van der Waals surface area contributed by atoms with Crippen molar-refractivity contribution in [3.8, 4) is 5.75 Å². The van der Waals surface area contributed by atoms with E-state index >= 15 is 0 Å². The molecule has 52 heavy (non-hydrogen) atoms. The summed E-state index contributed by atoms with van der Waals surface area (Å²) in [6.45, 7) is 8.78. The van der Waals surface area contributed by atoms with Gasteiger partial charge in [0.2, 0.25) is 18.1 Å². The maximum absolute atomic E-state index is 12.3. The van der Waals surface area contributed by atoms with E-state index in [1.54, 1.807) is 39.1 Å². The van der Waals surface area contributed by atoms with Gasteiger partial charge >= 0.3 is 5.97 Å². The Morgan fingerprint density at radius 2 is 1.65 bits per heavy atom. The second-order valence-corrected chi connectivity index (χ2v) is 14.5. The average Bonchev–Trinajstić information content (AvgIpc) is 3.10. The zero-order valence-corrected chi connectivity index (χ0v) is 31.0. The first kappa shape index (κ1) is 41.8. The van der Waals surface area contributed by atoms with E-state index in [1.165, 1.54) is 12.1 Å². The monoisotopic (exact) mass is 742 g/mol. The van der Waals surface area contributed by atoms with Crippen LogP contribution in [0.4, 0.5) is 5.69 Å². The molecule has 0 saturated carbocycles. The number of benzene rings is 3. The molecule has 1 saturated heterocycles. The number of sulfonamides is 1. The van der Waals surface area contributed by atoms with Crippen LogP contribution in [0, 0.1) is 5.92 Å². The first-order valence-corrected chi connectivity index (χ1v) is 18.7. The molecule has 0 aliphatic carbocycles. The zero-order valence-electron chi connectivity index (χ0n) is 30.2. The lowest BCUT2D eigenvalue weighted by Crippen LogP contribution is -2.39. The van der Waals surface area contributed by atoms with E-state index in [2.05, 4.69) is 16.0 Å². The number of aliphatic hydroxyl groups excluding tert-OH is 1. The highest BCUT2D eigenvalue weighted by atomic mass is 32.2. The van der Waals surface area contributed by atoms with Gasteiger partial charge in [-0.15, -0.1) is 0 Å². The Morgan fingerprint density at radius 3 is 2.33 bits per heavy atom. The summed E-state index contributed by atoms with van der Waals surface area (Å²) in [4.78, 5) is 46.1. The summed E-state index contributed by atoms with van der Waals surface area (Å²) in [6.07, 6.45) is -1.12. The molecule has 0 aromatic heterocycles. The van der Waals surface area contributed by atoms with Crippen molar-refractivity contribution in [1.82, 2.24) is 15.4 Å². The summed E-state index contributed by atoms with van der Waals surface area (Å²) in [7, 11) is -2.20. The number of anilines is 1. The van der Waals surface area contributed by atoms with Crippen LogP contribution in [0.15, 0.2) is 65.6 Å². The predicted molar refractivity (Wildman–Crippen MR) is 196 cm³/mol. The first-order valence-electron chi connectivity index (χ1n) is 17.2. The van der Waals surface area contributed by atoms with Crippen LogP contribution in [-0.2, 0) is 45.3 Å². The molecule has 284 valence electrons. The summed E-state index contributed by atoms with van der Waals surface area (Å²) in [5, 5.41) is 20.4. The zero-order chi connectivity index (χ0) is 38.3. The van der Waals surface area contributed by atoms with Crippen molar-refractivity contribution in [2.75, 3.05) is 25.5 Å². The normalized spacial score (nSPS) is 17.1. The number of carbonyl (C=O) groups excluding carboxylic acids is 4. The molecule has 1 fully saturated rings. The van der Waals surface area contributed by atoms with Crippen molar-refractivity contribution in [3.05, 3.63) is 66.2 Å². The van der Waals surface area contributed by atoms with Gasteiger partial charge in [-0.25, -0.2) is 13.1 Å². The quantitative estimate of drug-likeness (QED) is 0.0816. The number of fused-ring (bicyclic) bond motifs is 1. The smallest absolute Gasteiger partial charge is 0.308 e. The van der Waals surface area contributed by atoms with Gasteiger partial charge in [0.25, 0.3) is 10.0 Å². The number of likely N-dealkylation sites (N-methyl/N-ethyl adjacent to an activating group) is 1. The van der Waals surface area contributed by atoms with Gasteiger partial charge < -0.3 is 40.1 Å². The number of hydrogen-bond acceptors (Lipinski definition) is 12. The molecule has 4 rings (SSSR count). The molecule has 1 heterocycles. The molecule has 1 aliphatic heterocycles. The summed E-state index contributed by atoms with van der Waals surface area (Å²) >= 11 is 0. The molecule has 0 spiro atoms. The number of aldehydes is 1. The van der Waals surface area contributed by atoms with E-state index in [1.807, 2.05) is 48.9 Å². The molecule has 0 radical (unpaired) electrons. The molecule has 5 N–H and O–H groups in total. The van der Waals surface area contributed by atoms with E-state index in [0.717, 1.165) is 22.0 Å². The Labute approximate surface area is 305 Å². The Kier molecular flexibility index (Phi) is 16.5. The van der Waals surface area contributed by atoms with Gasteiger partial charge in [0.1, 0.15) is 24.7 Å². The fourth-order valence-electron chi connectivity index (χ4n) is 4.94. The van der Waals surface area contributed by atoms with Gasteiger partial charge in [-0.3, -0.25) is 14.4 Å². The summed E-state index contributed by atoms with van der Waals surface area (Å²) in [5.74, 6) is -0.953. The lowest BCUT2D eigenvalue weighted by atomic mass is 10.1. The molecule has 2 amide bonds. The third-order valence-electron chi connectivity index (χ3n) is 7.60. The number of aliphatic hydroxyl groups is 1. The highest BCUT2D eigenvalue weighted by Crippen LogP contribution is 2.31. The highest BCUT2D eigenvalue weighted by Gasteiger charge is 2.30. The predicted octanol–water partition coefficient (Wildman–Crippen LogP) is 3.41. The van der Waals surface area contributed by atoms with Crippen molar-refractivity contribution >= 4 is 50.6 Å². The minimum absolute atomic E-state index is 0.0121. The summed E-state index contributed by atoms with van der Waals surface area (Å²) < 4.78 is 43.4. The van der Waals surface area contributed by atoms with Crippen molar-refractivity contribution in [2.45, 2.75) is 89.4 Å². The number of carbonyl (C=O) groups is 4. The number of amides is 2. The van der Waals surface area contributed by atoms with Gasteiger partial charge in [-0.2, -0.15) is 0 Å². The van der Waals surface area contributed by atoms with Crippen molar-refractivity contribution < 1.29 is 46.9 Å². The standard InChI is InChI=1S/C20H29NO6.C17H21N3O4S/c1-12(2)20(24)25-11-14-5-6-17(21-13(3)4)18(7-14)27-19-9-15(23)8-16(10-22)26-19;1-18-10-11-19-16(21)8-9-17(22)20-25(23,24)15-7-6-13-4-2-3-5-14(13)12-15/h5-7,10,12-13,15-16,19,21,23H,8-9,11H2,1-4H3;2-7,12,18H,8-11H2,1H3,(H,19,21)(H,20,22). The van der Waals surface area contributed by atoms with E-state index < -0.39 is 34.4 Å². The molecule has 14 nitrogen and oxygen atoms in total. The van der Waals surface area contributed by atoms with Crippen LogP contribution in [0.5, 0.6) is 5.75 Å². The van der Waals surface area contributed by atoms with Gasteiger partial charge in [0, 0.05) is 44.8 Å². The third kappa shape index (κ3) is 13.9. The number of nitrogens with one attached hydrogen (secondary N) is 4. The van der Waals surface area contributed by atoms with Gasteiger partial charge in [0.05, 0.1) is 22.6 Å². The van der Waals surface area contributed by atoms with E-state index in [-0.39, 0.29) is 61.0 Å². The lowest BCUT2D eigenvalue weighted by molar-refractivity contribution is -0.175. The van der Waals surface area contributed by atoms with Gasteiger partial charge in [-0.1, -0.05) is 50.2 Å². The third-order valence-corrected chi connectivity index (χ3v) is 8.98. The Hall–Kier alpha value is -4.57. The number of esters is 1. The van der Waals surface area contributed by atoms with Crippen LogP contribution < -0.4 is 25.4 Å².